The summed E-state index contributed by atoms with van der Waals surface area (Å²) in [4.78, 5) is 4.98. The first-order valence-electron chi connectivity index (χ1n) is 12.0. The smallest absolute Gasteiger partial charge is 0.854 e. The summed E-state index contributed by atoms with van der Waals surface area (Å²) < 4.78 is 5.72. The van der Waals surface area contributed by atoms with E-state index in [0.29, 0.717) is 0 Å². The van der Waals surface area contributed by atoms with E-state index in [-0.39, 0.29) is 36.2 Å². The van der Waals surface area contributed by atoms with Gasteiger partial charge in [-0.05, 0) is 83.2 Å². The molecule has 1 aromatic carbocycles. The van der Waals surface area contributed by atoms with Gasteiger partial charge in [0.2, 0.25) is 0 Å². The molecule has 3 rings (SSSR count). The molecular weight excluding hydrogens is 383 g/mol. The minimum atomic E-state index is 0. The van der Waals surface area contributed by atoms with Crippen LogP contribution in [0.2, 0.25) is 0 Å². The molecule has 0 saturated carbocycles. The predicted molar refractivity (Wildman–Crippen MR) is 120 cm³/mol. The van der Waals surface area contributed by atoms with Gasteiger partial charge in [0.05, 0.1) is 0 Å². The summed E-state index contributed by atoms with van der Waals surface area (Å²) in [6, 6.07) is 10.7. The van der Waals surface area contributed by atoms with Crippen molar-refractivity contribution in [1.82, 2.24) is 9.80 Å². The summed E-state index contributed by atoms with van der Waals surface area (Å²) in [5, 5.41) is 10.1. The van der Waals surface area contributed by atoms with Gasteiger partial charge in [-0.15, -0.1) is 6.61 Å². The Bertz CT molecular complexity index is 477. The van der Waals surface area contributed by atoms with E-state index >= 15 is 0 Å². The standard InChI is InChI=1S/C17H27NO.C8H16NO.Na/c1-3-9-17(10-4-1)11-7-15-19-16-8-14-18-12-5-2-6-13-18;10-8-4-7-9-5-2-1-3-6-9;/h1,3-4,9-10H,2,5-8,11-16H2;1-8H2;/q;-1;+1. The van der Waals surface area contributed by atoms with E-state index in [9.17, 15) is 5.11 Å². The molecule has 0 aliphatic carbocycles. The van der Waals surface area contributed by atoms with Crippen molar-refractivity contribution < 1.29 is 39.4 Å². The molecule has 0 radical (unpaired) electrons. The molecule has 5 heteroatoms. The van der Waals surface area contributed by atoms with Crippen LogP contribution in [0.5, 0.6) is 0 Å². The Morgan fingerprint density at radius 2 is 1.23 bits per heavy atom. The van der Waals surface area contributed by atoms with Crippen LogP contribution in [0.25, 0.3) is 0 Å². The van der Waals surface area contributed by atoms with E-state index in [2.05, 4.69) is 40.1 Å². The normalized spacial score (nSPS) is 17.6. The quantitative estimate of drug-likeness (QED) is 0.387. The number of piperidine rings is 2. The Labute approximate surface area is 207 Å². The van der Waals surface area contributed by atoms with Crippen molar-refractivity contribution >= 4 is 0 Å². The molecule has 0 amide bonds. The van der Waals surface area contributed by atoms with E-state index in [1.165, 1.54) is 83.2 Å². The average molecular weight is 427 g/mol. The Kier molecular flexibility index (Phi) is 18.5. The third-order valence-corrected chi connectivity index (χ3v) is 5.88. The SMILES string of the molecule is [Na+].[O-]CCCN1CCCCC1.c1ccc(CCCOCCCN2CCCCC2)cc1. The van der Waals surface area contributed by atoms with Crippen LogP contribution in [0.15, 0.2) is 30.3 Å². The van der Waals surface area contributed by atoms with E-state index < -0.39 is 0 Å². The van der Waals surface area contributed by atoms with Gasteiger partial charge in [0.15, 0.2) is 0 Å². The second kappa shape index (κ2) is 19.7. The number of nitrogens with zero attached hydrogens (tertiary/aromatic N) is 2. The maximum absolute atomic E-state index is 10.1. The molecule has 0 atom stereocenters. The third kappa shape index (κ3) is 14.2. The molecule has 0 spiro atoms. The molecule has 0 bridgehead atoms. The Balaban J connectivity index is 0.000000348. The van der Waals surface area contributed by atoms with Gasteiger partial charge in [0.25, 0.3) is 0 Å². The van der Waals surface area contributed by atoms with E-state index in [1.807, 2.05) is 0 Å². The number of ether oxygens (including phenoxy) is 1. The largest absolute Gasteiger partial charge is 1.00 e. The second-order valence-corrected chi connectivity index (χ2v) is 8.42. The minimum absolute atomic E-state index is 0. The summed E-state index contributed by atoms with van der Waals surface area (Å²) >= 11 is 0. The summed E-state index contributed by atoms with van der Waals surface area (Å²) in [7, 11) is 0. The number of benzene rings is 1. The first kappa shape index (κ1) is 28.1. The number of aryl methyl sites for hydroxylation is 1. The van der Waals surface area contributed by atoms with Crippen molar-refractivity contribution in [3.63, 3.8) is 0 Å². The van der Waals surface area contributed by atoms with E-state index in [4.69, 9.17) is 4.74 Å². The summed E-state index contributed by atoms with van der Waals surface area (Å²) in [5.74, 6) is 0. The van der Waals surface area contributed by atoms with Crippen molar-refractivity contribution in [3.8, 4) is 0 Å². The maximum atomic E-state index is 10.1. The van der Waals surface area contributed by atoms with Gasteiger partial charge >= 0.3 is 29.6 Å². The predicted octanol–water partition coefficient (Wildman–Crippen LogP) is 0.739. The third-order valence-electron chi connectivity index (χ3n) is 5.88. The average Bonchev–Trinajstić information content (AvgIpc) is 2.79. The van der Waals surface area contributed by atoms with Crippen molar-refractivity contribution in [2.24, 2.45) is 0 Å². The minimum Gasteiger partial charge on any atom is -0.854 e. The molecular formula is C25H43N2NaO2. The molecule has 1 aromatic rings. The Morgan fingerprint density at radius 1 is 0.700 bits per heavy atom. The van der Waals surface area contributed by atoms with Gasteiger partial charge in [0.1, 0.15) is 0 Å². The first-order valence-corrected chi connectivity index (χ1v) is 12.0. The fraction of sp³-hybridized carbons (Fsp3) is 0.760. The van der Waals surface area contributed by atoms with Crippen molar-refractivity contribution in [2.75, 3.05) is 59.1 Å². The van der Waals surface area contributed by atoms with Crippen LogP contribution in [-0.4, -0.2) is 68.9 Å². The molecule has 166 valence electrons. The van der Waals surface area contributed by atoms with Gasteiger partial charge in [-0.3, -0.25) is 0 Å². The van der Waals surface area contributed by atoms with Crippen molar-refractivity contribution in [3.05, 3.63) is 35.9 Å². The Hall–Kier alpha value is 0.0600. The van der Waals surface area contributed by atoms with Gasteiger partial charge in [0, 0.05) is 19.8 Å². The van der Waals surface area contributed by atoms with Gasteiger partial charge in [-0.1, -0.05) is 49.6 Å². The zero-order valence-corrected chi connectivity index (χ0v) is 21.5. The molecule has 0 unspecified atom stereocenters. The van der Waals surface area contributed by atoms with Crippen molar-refractivity contribution in [1.29, 1.82) is 0 Å². The maximum Gasteiger partial charge on any atom is 1.00 e. The molecule has 4 nitrogen and oxygen atoms in total. The van der Waals surface area contributed by atoms with Crippen LogP contribution in [-0.2, 0) is 11.2 Å². The second-order valence-electron chi connectivity index (χ2n) is 8.42. The first-order chi connectivity index (χ1) is 14.4. The monoisotopic (exact) mass is 426 g/mol. The molecule has 30 heavy (non-hydrogen) atoms. The van der Waals surface area contributed by atoms with E-state index in [1.54, 1.807) is 0 Å². The van der Waals surface area contributed by atoms with Crippen LogP contribution in [0.4, 0.5) is 0 Å². The topological polar surface area (TPSA) is 38.8 Å². The van der Waals surface area contributed by atoms with Gasteiger partial charge in [-0.2, -0.15) is 0 Å². The van der Waals surface area contributed by atoms with E-state index in [0.717, 1.165) is 39.0 Å². The zero-order valence-electron chi connectivity index (χ0n) is 19.5. The summed E-state index contributed by atoms with van der Waals surface area (Å²) in [6.45, 7) is 9.21. The fourth-order valence-corrected chi connectivity index (χ4v) is 4.17. The molecule has 2 aliphatic rings. The van der Waals surface area contributed by atoms with Gasteiger partial charge in [-0.25, -0.2) is 0 Å². The number of hydrogen-bond acceptors (Lipinski definition) is 4. The van der Waals surface area contributed by atoms with Crippen LogP contribution in [0.1, 0.15) is 63.4 Å². The van der Waals surface area contributed by atoms with Crippen LogP contribution >= 0.6 is 0 Å². The number of hydrogen-bond donors (Lipinski definition) is 0. The van der Waals surface area contributed by atoms with Gasteiger partial charge < -0.3 is 19.6 Å². The molecule has 2 fully saturated rings. The molecule has 2 heterocycles. The number of rotatable bonds is 11. The summed E-state index contributed by atoms with van der Waals surface area (Å²) in [6.07, 6.45) is 12.5. The molecule has 0 N–H and O–H groups in total. The van der Waals surface area contributed by atoms with Crippen LogP contribution in [0.3, 0.4) is 0 Å². The van der Waals surface area contributed by atoms with Crippen LogP contribution < -0.4 is 34.7 Å². The summed E-state index contributed by atoms with van der Waals surface area (Å²) in [5.41, 5.74) is 1.42. The molecule has 0 aromatic heterocycles. The van der Waals surface area contributed by atoms with Crippen molar-refractivity contribution in [2.45, 2.75) is 64.2 Å². The molecule has 2 saturated heterocycles. The zero-order chi connectivity index (χ0) is 20.4. The number of likely N-dealkylation sites (tertiary alicyclic amines) is 2. The molecule has 2 aliphatic heterocycles. The Morgan fingerprint density at radius 3 is 1.80 bits per heavy atom. The van der Waals surface area contributed by atoms with Crippen LogP contribution in [0, 0.1) is 0 Å². The fourth-order valence-electron chi connectivity index (χ4n) is 4.17.